The Balaban J connectivity index is 2.27. The average Bonchev–Trinajstić information content (AvgIpc) is 2.53. The third-order valence-electron chi connectivity index (χ3n) is 2.97. The van der Waals surface area contributed by atoms with Crippen molar-refractivity contribution in [1.29, 1.82) is 0 Å². The molecule has 0 aliphatic rings. The number of ether oxygens (including phenoxy) is 1. The van der Waals surface area contributed by atoms with Crippen LogP contribution in [0, 0.1) is 0 Å². The molecular formula is C18H14O5. The van der Waals surface area contributed by atoms with Crippen LogP contribution in [0.5, 0.6) is 5.75 Å². The highest BCUT2D eigenvalue weighted by Crippen LogP contribution is 2.21. The Morgan fingerprint density at radius 1 is 1.04 bits per heavy atom. The summed E-state index contributed by atoms with van der Waals surface area (Å²) in [5, 5.41) is 9.17. The summed E-state index contributed by atoms with van der Waals surface area (Å²) >= 11 is 0. The molecule has 0 heterocycles. The van der Waals surface area contributed by atoms with Gasteiger partial charge >= 0.3 is 11.9 Å². The van der Waals surface area contributed by atoms with E-state index in [1.165, 1.54) is 31.2 Å². The van der Waals surface area contributed by atoms with Gasteiger partial charge in [-0.15, -0.1) is 0 Å². The number of ketones is 1. The van der Waals surface area contributed by atoms with Crippen molar-refractivity contribution in [2.24, 2.45) is 0 Å². The minimum absolute atomic E-state index is 0.0893. The third kappa shape index (κ3) is 4.38. The first-order chi connectivity index (χ1) is 11.0. The highest BCUT2D eigenvalue weighted by molar-refractivity contribution is 6.08. The van der Waals surface area contributed by atoms with Crippen LogP contribution in [0.4, 0.5) is 0 Å². The summed E-state index contributed by atoms with van der Waals surface area (Å²) in [5.41, 5.74) is 0.820. The molecule has 0 bridgehead atoms. The highest BCUT2D eigenvalue weighted by Gasteiger charge is 2.15. The summed E-state index contributed by atoms with van der Waals surface area (Å²) in [6.45, 7) is 1.17. The fourth-order valence-electron chi connectivity index (χ4n) is 1.93. The number of hydrogen-bond donors (Lipinski definition) is 1. The van der Waals surface area contributed by atoms with E-state index in [-0.39, 0.29) is 22.7 Å². The van der Waals surface area contributed by atoms with Crippen molar-refractivity contribution >= 4 is 23.8 Å². The van der Waals surface area contributed by atoms with Crippen LogP contribution in [0.1, 0.15) is 33.2 Å². The van der Waals surface area contributed by atoms with E-state index in [0.717, 1.165) is 5.56 Å². The maximum Gasteiger partial charge on any atom is 0.339 e. The Morgan fingerprint density at radius 2 is 1.74 bits per heavy atom. The normalized spacial score (nSPS) is 10.5. The number of carboxylic acids is 1. The summed E-state index contributed by atoms with van der Waals surface area (Å²) in [5.74, 6) is -2.34. The van der Waals surface area contributed by atoms with Crippen molar-refractivity contribution in [3.8, 4) is 5.75 Å². The fraction of sp³-hybridized carbons (Fsp3) is 0.0556. The van der Waals surface area contributed by atoms with Gasteiger partial charge in [-0.3, -0.25) is 9.59 Å². The maximum atomic E-state index is 12.1. The van der Waals surface area contributed by atoms with Crippen molar-refractivity contribution in [1.82, 2.24) is 0 Å². The molecule has 116 valence electrons. The number of hydrogen-bond acceptors (Lipinski definition) is 4. The lowest BCUT2D eigenvalue weighted by atomic mass is 10.0. The van der Waals surface area contributed by atoms with Crippen LogP contribution in [0.25, 0.3) is 6.08 Å². The second-order valence-corrected chi connectivity index (χ2v) is 4.72. The molecule has 0 atom stereocenters. The molecule has 1 N–H and O–H groups in total. The van der Waals surface area contributed by atoms with Gasteiger partial charge in [0.25, 0.3) is 0 Å². The van der Waals surface area contributed by atoms with Crippen LogP contribution in [0.2, 0.25) is 0 Å². The molecule has 0 saturated heterocycles. The number of rotatable bonds is 5. The van der Waals surface area contributed by atoms with Crippen molar-refractivity contribution in [2.45, 2.75) is 6.92 Å². The van der Waals surface area contributed by atoms with E-state index in [9.17, 15) is 19.5 Å². The van der Waals surface area contributed by atoms with E-state index in [1.54, 1.807) is 6.08 Å². The summed E-state index contributed by atoms with van der Waals surface area (Å²) in [6.07, 6.45) is 3.00. The predicted octanol–water partition coefficient (Wildman–Crippen LogP) is 3.21. The lowest BCUT2D eigenvalue weighted by molar-refractivity contribution is -0.131. The van der Waals surface area contributed by atoms with Crippen LogP contribution in [0.15, 0.2) is 54.6 Å². The van der Waals surface area contributed by atoms with Gasteiger partial charge < -0.3 is 9.84 Å². The summed E-state index contributed by atoms with van der Waals surface area (Å²) in [7, 11) is 0. The SMILES string of the molecule is CC(=O)Oc1ccc(C(=O)/C=C/c2ccccc2)cc1C(=O)O. The number of allylic oxidation sites excluding steroid dienone is 1. The largest absolute Gasteiger partial charge is 0.478 e. The van der Waals surface area contributed by atoms with Crippen LogP contribution >= 0.6 is 0 Å². The van der Waals surface area contributed by atoms with Gasteiger partial charge in [-0.05, 0) is 29.8 Å². The Hall–Kier alpha value is -3.21. The summed E-state index contributed by atoms with van der Waals surface area (Å²) in [4.78, 5) is 34.3. The number of esters is 1. The lowest BCUT2D eigenvalue weighted by Gasteiger charge is -2.06. The van der Waals surface area contributed by atoms with Crippen molar-refractivity contribution in [2.75, 3.05) is 0 Å². The Morgan fingerprint density at radius 3 is 2.35 bits per heavy atom. The molecule has 0 fully saturated rings. The van der Waals surface area contributed by atoms with E-state index in [0.29, 0.717) is 0 Å². The molecule has 0 unspecified atom stereocenters. The third-order valence-corrected chi connectivity index (χ3v) is 2.97. The first-order valence-electron chi connectivity index (χ1n) is 6.80. The molecule has 0 aliphatic carbocycles. The van der Waals surface area contributed by atoms with Crippen molar-refractivity contribution < 1.29 is 24.2 Å². The van der Waals surface area contributed by atoms with E-state index in [4.69, 9.17) is 4.74 Å². The first kappa shape index (κ1) is 16.2. The predicted molar refractivity (Wildman–Crippen MR) is 84.5 cm³/mol. The molecule has 0 saturated carbocycles. The molecular weight excluding hydrogens is 296 g/mol. The smallest absolute Gasteiger partial charge is 0.339 e. The van der Waals surface area contributed by atoms with Gasteiger partial charge in [-0.2, -0.15) is 0 Å². The Bertz CT molecular complexity index is 775. The first-order valence-corrected chi connectivity index (χ1v) is 6.80. The van der Waals surface area contributed by atoms with Gasteiger partial charge in [0.2, 0.25) is 0 Å². The zero-order valence-electron chi connectivity index (χ0n) is 12.4. The van der Waals surface area contributed by atoms with E-state index >= 15 is 0 Å². The monoisotopic (exact) mass is 310 g/mol. The number of carbonyl (C=O) groups is 3. The van der Waals surface area contributed by atoms with Crippen LogP contribution < -0.4 is 4.74 Å². The van der Waals surface area contributed by atoms with Crippen molar-refractivity contribution in [3.63, 3.8) is 0 Å². The topological polar surface area (TPSA) is 80.7 Å². The zero-order chi connectivity index (χ0) is 16.8. The quantitative estimate of drug-likeness (QED) is 0.397. The molecule has 0 aliphatic heterocycles. The molecule has 0 radical (unpaired) electrons. The van der Waals surface area contributed by atoms with Gasteiger partial charge in [0.05, 0.1) is 0 Å². The molecule has 2 rings (SSSR count). The Labute approximate surface area is 132 Å². The van der Waals surface area contributed by atoms with Gasteiger partial charge in [0.15, 0.2) is 5.78 Å². The minimum atomic E-state index is -1.28. The number of aromatic carboxylic acids is 1. The Kier molecular flexibility index (Phi) is 5.04. The van der Waals surface area contributed by atoms with Gasteiger partial charge in [0, 0.05) is 12.5 Å². The number of carbonyl (C=O) groups excluding carboxylic acids is 2. The molecule has 5 nitrogen and oxygen atoms in total. The molecule has 2 aromatic rings. The van der Waals surface area contributed by atoms with E-state index < -0.39 is 11.9 Å². The van der Waals surface area contributed by atoms with Gasteiger partial charge in [-0.1, -0.05) is 36.4 Å². The number of carboxylic acid groups (broad SMARTS) is 1. The van der Waals surface area contributed by atoms with Gasteiger partial charge in [-0.25, -0.2) is 4.79 Å². The molecule has 0 aromatic heterocycles. The fourth-order valence-corrected chi connectivity index (χ4v) is 1.93. The van der Waals surface area contributed by atoms with E-state index in [2.05, 4.69) is 0 Å². The van der Waals surface area contributed by atoms with Crippen LogP contribution in [-0.4, -0.2) is 22.8 Å². The molecule has 5 heteroatoms. The van der Waals surface area contributed by atoms with Crippen LogP contribution in [-0.2, 0) is 4.79 Å². The molecule has 23 heavy (non-hydrogen) atoms. The highest BCUT2D eigenvalue weighted by atomic mass is 16.5. The van der Waals surface area contributed by atoms with E-state index in [1.807, 2.05) is 30.3 Å². The average molecular weight is 310 g/mol. The summed E-state index contributed by atoms with van der Waals surface area (Å²) in [6, 6.07) is 13.2. The second-order valence-electron chi connectivity index (χ2n) is 4.72. The minimum Gasteiger partial charge on any atom is -0.478 e. The zero-order valence-corrected chi connectivity index (χ0v) is 12.4. The lowest BCUT2D eigenvalue weighted by Crippen LogP contribution is -2.08. The number of benzene rings is 2. The maximum absolute atomic E-state index is 12.1. The molecule has 2 aromatic carbocycles. The molecule has 0 amide bonds. The molecule has 0 spiro atoms. The second kappa shape index (κ2) is 7.17. The standard InChI is InChI=1S/C18H14O5/c1-12(19)23-17-10-8-14(11-15(17)18(21)22)16(20)9-7-13-5-3-2-4-6-13/h2-11H,1H3,(H,21,22)/b9-7+. The van der Waals surface area contributed by atoms with Crippen molar-refractivity contribution in [3.05, 3.63) is 71.3 Å². The van der Waals surface area contributed by atoms with Gasteiger partial charge in [0.1, 0.15) is 11.3 Å². The van der Waals surface area contributed by atoms with Crippen LogP contribution in [0.3, 0.4) is 0 Å². The summed E-state index contributed by atoms with van der Waals surface area (Å²) < 4.78 is 4.82.